The van der Waals surface area contributed by atoms with Gasteiger partial charge in [0.1, 0.15) is 6.10 Å². The van der Waals surface area contributed by atoms with Crippen molar-refractivity contribution < 1.29 is 14.6 Å². The molecular formula is C8H14O3. The standard InChI is InChI=1S/C8H14O3/c9-7(8-5-11-8)3-1-2-6-4-10-6/h6-9H,1-5H2. The van der Waals surface area contributed by atoms with Crippen molar-refractivity contribution >= 4 is 0 Å². The molecule has 3 atom stereocenters. The fourth-order valence-electron chi connectivity index (χ4n) is 1.25. The van der Waals surface area contributed by atoms with E-state index >= 15 is 0 Å². The van der Waals surface area contributed by atoms with Crippen molar-refractivity contribution in [3.8, 4) is 0 Å². The zero-order valence-corrected chi connectivity index (χ0v) is 6.53. The number of aliphatic hydroxyl groups is 1. The van der Waals surface area contributed by atoms with Crippen LogP contribution >= 0.6 is 0 Å². The molecule has 2 aliphatic heterocycles. The molecule has 0 radical (unpaired) electrons. The fraction of sp³-hybridized carbons (Fsp3) is 1.00. The Balaban J connectivity index is 1.50. The molecule has 2 fully saturated rings. The van der Waals surface area contributed by atoms with Crippen molar-refractivity contribution in [3.05, 3.63) is 0 Å². The second-order valence-electron chi connectivity index (χ2n) is 3.33. The molecule has 0 aromatic rings. The highest BCUT2D eigenvalue weighted by molar-refractivity contribution is 4.79. The quantitative estimate of drug-likeness (QED) is 0.586. The van der Waals surface area contributed by atoms with Gasteiger partial charge in [-0.05, 0) is 19.3 Å². The van der Waals surface area contributed by atoms with Gasteiger partial charge in [0.25, 0.3) is 0 Å². The minimum Gasteiger partial charge on any atom is -0.390 e. The van der Waals surface area contributed by atoms with E-state index < -0.39 is 0 Å². The third-order valence-corrected chi connectivity index (χ3v) is 2.22. The average molecular weight is 158 g/mol. The van der Waals surface area contributed by atoms with Crippen LogP contribution in [-0.4, -0.2) is 36.6 Å². The number of hydrogen-bond acceptors (Lipinski definition) is 3. The first-order valence-electron chi connectivity index (χ1n) is 4.27. The second-order valence-corrected chi connectivity index (χ2v) is 3.33. The fourth-order valence-corrected chi connectivity index (χ4v) is 1.25. The SMILES string of the molecule is OC(CCCC1CO1)C1CO1. The molecule has 0 aromatic carbocycles. The first-order valence-corrected chi connectivity index (χ1v) is 4.27. The minimum atomic E-state index is -0.228. The summed E-state index contributed by atoms with van der Waals surface area (Å²) in [5, 5.41) is 9.36. The summed E-state index contributed by atoms with van der Waals surface area (Å²) in [5.41, 5.74) is 0. The average Bonchev–Trinajstić information content (AvgIpc) is 2.85. The maximum Gasteiger partial charge on any atom is 0.107 e. The van der Waals surface area contributed by atoms with Crippen LogP contribution in [0, 0.1) is 0 Å². The Kier molecular flexibility index (Phi) is 2.11. The largest absolute Gasteiger partial charge is 0.390 e. The molecule has 3 nitrogen and oxygen atoms in total. The van der Waals surface area contributed by atoms with E-state index in [0.29, 0.717) is 6.10 Å². The second kappa shape index (κ2) is 3.09. The highest BCUT2D eigenvalue weighted by Gasteiger charge is 2.31. The van der Waals surface area contributed by atoms with Gasteiger partial charge < -0.3 is 14.6 Å². The van der Waals surface area contributed by atoms with Crippen LogP contribution in [0.25, 0.3) is 0 Å². The summed E-state index contributed by atoms with van der Waals surface area (Å²) >= 11 is 0. The first kappa shape index (κ1) is 7.53. The van der Waals surface area contributed by atoms with Gasteiger partial charge in [-0.1, -0.05) is 0 Å². The minimum absolute atomic E-state index is 0.148. The van der Waals surface area contributed by atoms with Crippen LogP contribution in [0.4, 0.5) is 0 Å². The van der Waals surface area contributed by atoms with E-state index in [0.717, 1.165) is 32.5 Å². The molecule has 3 unspecified atom stereocenters. The van der Waals surface area contributed by atoms with E-state index in [-0.39, 0.29) is 12.2 Å². The van der Waals surface area contributed by atoms with Gasteiger partial charge in [-0.25, -0.2) is 0 Å². The predicted octanol–water partition coefficient (Wildman–Crippen LogP) is 0.315. The van der Waals surface area contributed by atoms with Crippen LogP contribution in [0.3, 0.4) is 0 Å². The van der Waals surface area contributed by atoms with E-state index in [1.54, 1.807) is 0 Å². The van der Waals surface area contributed by atoms with E-state index in [1.165, 1.54) is 0 Å². The molecule has 11 heavy (non-hydrogen) atoms. The molecule has 0 amide bonds. The Labute approximate surface area is 66.3 Å². The summed E-state index contributed by atoms with van der Waals surface area (Å²) in [6.45, 7) is 1.68. The molecule has 2 heterocycles. The number of hydrogen-bond donors (Lipinski definition) is 1. The molecule has 0 saturated carbocycles. The van der Waals surface area contributed by atoms with Crippen molar-refractivity contribution in [1.82, 2.24) is 0 Å². The monoisotopic (exact) mass is 158 g/mol. The molecule has 64 valence electrons. The lowest BCUT2D eigenvalue weighted by Crippen LogP contribution is -2.14. The van der Waals surface area contributed by atoms with Gasteiger partial charge >= 0.3 is 0 Å². The van der Waals surface area contributed by atoms with E-state index in [9.17, 15) is 5.11 Å². The van der Waals surface area contributed by atoms with Gasteiger partial charge in [0.2, 0.25) is 0 Å². The normalized spacial score (nSPS) is 36.8. The van der Waals surface area contributed by atoms with Crippen LogP contribution in [0.2, 0.25) is 0 Å². The van der Waals surface area contributed by atoms with E-state index in [4.69, 9.17) is 9.47 Å². The van der Waals surface area contributed by atoms with Crippen LogP contribution in [0.15, 0.2) is 0 Å². The van der Waals surface area contributed by atoms with Crippen molar-refractivity contribution in [3.63, 3.8) is 0 Å². The van der Waals surface area contributed by atoms with Gasteiger partial charge in [-0.3, -0.25) is 0 Å². The lowest BCUT2D eigenvalue weighted by Gasteiger charge is -2.04. The first-order chi connectivity index (χ1) is 5.36. The lowest BCUT2D eigenvalue weighted by atomic mass is 10.1. The van der Waals surface area contributed by atoms with Crippen LogP contribution in [0.1, 0.15) is 19.3 Å². The molecule has 3 heteroatoms. The van der Waals surface area contributed by atoms with Gasteiger partial charge in [0, 0.05) is 0 Å². The highest BCUT2D eigenvalue weighted by Crippen LogP contribution is 2.21. The number of rotatable bonds is 5. The summed E-state index contributed by atoms with van der Waals surface area (Å²) in [4.78, 5) is 0. The molecule has 1 N–H and O–H groups in total. The van der Waals surface area contributed by atoms with Gasteiger partial charge in [-0.15, -0.1) is 0 Å². The Morgan fingerprint density at radius 3 is 2.64 bits per heavy atom. The van der Waals surface area contributed by atoms with Gasteiger partial charge in [0.05, 0.1) is 25.4 Å². The maximum atomic E-state index is 9.36. The van der Waals surface area contributed by atoms with Crippen molar-refractivity contribution in [2.24, 2.45) is 0 Å². The molecule has 0 aliphatic carbocycles. The van der Waals surface area contributed by atoms with Crippen LogP contribution < -0.4 is 0 Å². The third kappa shape index (κ3) is 2.43. The third-order valence-electron chi connectivity index (χ3n) is 2.22. The van der Waals surface area contributed by atoms with Crippen molar-refractivity contribution in [2.45, 2.75) is 37.6 Å². The van der Waals surface area contributed by atoms with Crippen LogP contribution in [-0.2, 0) is 9.47 Å². The molecule has 0 spiro atoms. The molecule has 2 saturated heterocycles. The van der Waals surface area contributed by atoms with Crippen molar-refractivity contribution in [2.75, 3.05) is 13.2 Å². The summed E-state index contributed by atoms with van der Waals surface area (Å²) < 4.78 is 10.0. The maximum absolute atomic E-state index is 9.36. The Hall–Kier alpha value is -0.120. The molecule has 2 aliphatic rings. The summed E-state index contributed by atoms with van der Waals surface area (Å²) in [5.74, 6) is 0. The Morgan fingerprint density at radius 2 is 2.09 bits per heavy atom. The number of ether oxygens (including phenoxy) is 2. The van der Waals surface area contributed by atoms with Crippen LogP contribution in [0.5, 0.6) is 0 Å². The lowest BCUT2D eigenvalue weighted by molar-refractivity contribution is 0.123. The Morgan fingerprint density at radius 1 is 1.36 bits per heavy atom. The summed E-state index contributed by atoms with van der Waals surface area (Å²) in [6.07, 6.45) is 3.45. The zero-order chi connectivity index (χ0) is 7.68. The molecule has 0 aromatic heterocycles. The molecular weight excluding hydrogens is 144 g/mol. The smallest absolute Gasteiger partial charge is 0.107 e. The summed E-state index contributed by atoms with van der Waals surface area (Å²) in [6, 6.07) is 0. The number of aliphatic hydroxyl groups excluding tert-OH is 1. The van der Waals surface area contributed by atoms with E-state index in [1.807, 2.05) is 0 Å². The predicted molar refractivity (Wildman–Crippen MR) is 39.3 cm³/mol. The zero-order valence-electron chi connectivity index (χ0n) is 6.53. The Bertz CT molecular complexity index is 129. The number of epoxide rings is 2. The molecule has 0 bridgehead atoms. The highest BCUT2D eigenvalue weighted by atomic mass is 16.6. The molecule has 2 rings (SSSR count). The topological polar surface area (TPSA) is 45.3 Å². The van der Waals surface area contributed by atoms with E-state index in [2.05, 4.69) is 0 Å². The van der Waals surface area contributed by atoms with Gasteiger partial charge in [-0.2, -0.15) is 0 Å². The summed E-state index contributed by atoms with van der Waals surface area (Å²) in [7, 11) is 0. The van der Waals surface area contributed by atoms with Gasteiger partial charge in [0.15, 0.2) is 0 Å². The van der Waals surface area contributed by atoms with Crippen molar-refractivity contribution in [1.29, 1.82) is 0 Å².